The van der Waals surface area contributed by atoms with Gasteiger partial charge in [-0.15, -0.1) is 0 Å². The van der Waals surface area contributed by atoms with Crippen LogP contribution in [-0.2, 0) is 21.2 Å². The fourth-order valence-corrected chi connectivity index (χ4v) is 3.08. The van der Waals surface area contributed by atoms with Crippen LogP contribution < -0.4 is 4.72 Å². The van der Waals surface area contributed by atoms with Crippen LogP contribution in [0.25, 0.3) is 0 Å². The van der Waals surface area contributed by atoms with Crippen LogP contribution in [0.3, 0.4) is 0 Å². The molecule has 2 rings (SSSR count). The molecule has 0 radical (unpaired) electrons. The van der Waals surface area contributed by atoms with Crippen LogP contribution in [0.1, 0.15) is 40.3 Å². The van der Waals surface area contributed by atoms with E-state index >= 15 is 0 Å². The molecule has 2 aromatic rings. The van der Waals surface area contributed by atoms with E-state index < -0.39 is 21.9 Å². The van der Waals surface area contributed by atoms with Crippen LogP contribution in [0.15, 0.2) is 48.7 Å². The zero-order valence-corrected chi connectivity index (χ0v) is 15.3. The van der Waals surface area contributed by atoms with E-state index in [2.05, 4.69) is 4.98 Å². The van der Waals surface area contributed by atoms with Crippen molar-refractivity contribution in [3.8, 4) is 0 Å². The van der Waals surface area contributed by atoms with Gasteiger partial charge in [-0.05, 0) is 38.0 Å². The molecule has 1 heterocycles. The van der Waals surface area contributed by atoms with Crippen LogP contribution >= 0.6 is 0 Å². The van der Waals surface area contributed by atoms with E-state index in [1.807, 2.05) is 35.1 Å². The minimum Gasteiger partial charge on any atom is -0.458 e. The Kier molecular flexibility index (Phi) is 6.46. The molecule has 0 atom stereocenters. The van der Waals surface area contributed by atoms with E-state index in [9.17, 15) is 18.0 Å². The van der Waals surface area contributed by atoms with Crippen molar-refractivity contribution in [1.29, 1.82) is 0 Å². The van der Waals surface area contributed by atoms with Gasteiger partial charge >= 0.3 is 5.97 Å². The zero-order chi connectivity index (χ0) is 19.2. The summed E-state index contributed by atoms with van der Waals surface area (Å²) in [6.45, 7) is 3.42. The summed E-state index contributed by atoms with van der Waals surface area (Å²) in [5.41, 5.74) is 0.941. The van der Waals surface area contributed by atoms with Crippen molar-refractivity contribution in [2.75, 3.05) is 5.75 Å². The van der Waals surface area contributed by atoms with E-state index in [-0.39, 0.29) is 23.1 Å². The fraction of sp³-hybridized carbons (Fsp3) is 0.278. The smallest absolute Gasteiger partial charge is 0.357 e. The summed E-state index contributed by atoms with van der Waals surface area (Å²) in [6.07, 6.45) is 1.14. The second-order valence-corrected chi connectivity index (χ2v) is 7.71. The third kappa shape index (κ3) is 5.96. The average Bonchev–Trinajstić information content (AvgIpc) is 2.60. The fourth-order valence-electron chi connectivity index (χ4n) is 2.07. The molecule has 26 heavy (non-hydrogen) atoms. The summed E-state index contributed by atoms with van der Waals surface area (Å²) in [6, 6.07) is 11.7. The zero-order valence-electron chi connectivity index (χ0n) is 14.5. The lowest BCUT2D eigenvalue weighted by Gasteiger charge is -2.08. The van der Waals surface area contributed by atoms with Gasteiger partial charge in [0.05, 0.1) is 17.4 Å². The number of amides is 1. The standard InChI is InChI=1S/C18H20N2O5S/c1-13(2)25-18(22)16-9-8-15(12-19-16)17(21)20-26(23,24)11-10-14-6-4-3-5-7-14/h3-9,12-13H,10-11H2,1-2H3,(H,20,21). The molecule has 0 saturated heterocycles. The molecule has 0 saturated carbocycles. The molecule has 138 valence electrons. The summed E-state index contributed by atoms with van der Waals surface area (Å²) in [7, 11) is -3.79. The number of esters is 1. The van der Waals surface area contributed by atoms with E-state index in [1.54, 1.807) is 13.8 Å². The van der Waals surface area contributed by atoms with Gasteiger partial charge < -0.3 is 4.74 Å². The van der Waals surface area contributed by atoms with E-state index in [1.165, 1.54) is 12.1 Å². The second-order valence-electron chi connectivity index (χ2n) is 5.87. The van der Waals surface area contributed by atoms with Crippen LogP contribution in [0.5, 0.6) is 0 Å². The first-order valence-electron chi connectivity index (χ1n) is 8.02. The third-order valence-corrected chi connectivity index (χ3v) is 4.57. The number of carbonyl (C=O) groups excluding carboxylic acids is 2. The highest BCUT2D eigenvalue weighted by atomic mass is 32.2. The molecule has 8 heteroatoms. The van der Waals surface area contributed by atoms with Crippen molar-refractivity contribution < 1.29 is 22.7 Å². The molecule has 1 N–H and O–H groups in total. The number of aryl methyl sites for hydroxylation is 1. The van der Waals surface area contributed by atoms with Gasteiger partial charge in [0.15, 0.2) is 0 Å². The molecule has 1 amide bonds. The van der Waals surface area contributed by atoms with Crippen molar-refractivity contribution in [3.05, 3.63) is 65.5 Å². The van der Waals surface area contributed by atoms with Gasteiger partial charge in [-0.1, -0.05) is 30.3 Å². The lowest BCUT2D eigenvalue weighted by Crippen LogP contribution is -2.33. The minimum atomic E-state index is -3.79. The maximum absolute atomic E-state index is 12.1. The summed E-state index contributed by atoms with van der Waals surface area (Å²) in [4.78, 5) is 27.6. The number of rotatable bonds is 7. The first-order chi connectivity index (χ1) is 12.3. The quantitative estimate of drug-likeness (QED) is 0.741. The highest BCUT2D eigenvalue weighted by Crippen LogP contribution is 2.06. The summed E-state index contributed by atoms with van der Waals surface area (Å²) >= 11 is 0. The number of pyridine rings is 1. The van der Waals surface area contributed by atoms with Crippen molar-refractivity contribution in [2.45, 2.75) is 26.4 Å². The van der Waals surface area contributed by atoms with E-state index in [0.29, 0.717) is 6.42 Å². The summed E-state index contributed by atoms with van der Waals surface area (Å²) in [5, 5.41) is 0. The molecular weight excluding hydrogens is 356 g/mol. The Balaban J connectivity index is 1.96. The molecule has 0 fully saturated rings. The lowest BCUT2D eigenvalue weighted by atomic mass is 10.2. The molecule has 0 aliphatic carbocycles. The van der Waals surface area contributed by atoms with Crippen LogP contribution in [0.2, 0.25) is 0 Å². The van der Waals surface area contributed by atoms with Crippen LogP contribution in [0.4, 0.5) is 0 Å². The Bertz CT molecular complexity index is 862. The van der Waals surface area contributed by atoms with Crippen LogP contribution in [-0.4, -0.2) is 37.1 Å². The predicted octanol–water partition coefficient (Wildman–Crippen LogP) is 1.95. The Labute approximate surface area is 152 Å². The number of hydrogen-bond acceptors (Lipinski definition) is 6. The Morgan fingerprint density at radius 2 is 1.81 bits per heavy atom. The minimum absolute atomic E-state index is 0.0365. The van der Waals surface area contributed by atoms with Gasteiger partial charge in [0.2, 0.25) is 10.0 Å². The maximum Gasteiger partial charge on any atom is 0.357 e. The molecular formula is C18H20N2O5S. The van der Waals surface area contributed by atoms with Crippen molar-refractivity contribution >= 4 is 21.9 Å². The number of nitrogens with zero attached hydrogens (tertiary/aromatic N) is 1. The summed E-state index contributed by atoms with van der Waals surface area (Å²) < 4.78 is 31.1. The van der Waals surface area contributed by atoms with Crippen molar-refractivity contribution in [2.24, 2.45) is 0 Å². The average molecular weight is 376 g/mol. The molecule has 0 unspecified atom stereocenters. The van der Waals surface area contributed by atoms with E-state index in [0.717, 1.165) is 11.8 Å². The highest BCUT2D eigenvalue weighted by Gasteiger charge is 2.18. The summed E-state index contributed by atoms with van der Waals surface area (Å²) in [5.74, 6) is -1.62. The van der Waals surface area contributed by atoms with Gasteiger partial charge in [0.1, 0.15) is 5.69 Å². The largest absolute Gasteiger partial charge is 0.458 e. The van der Waals surface area contributed by atoms with Gasteiger partial charge in [0.25, 0.3) is 5.91 Å². The number of ether oxygens (including phenoxy) is 1. The molecule has 0 bridgehead atoms. The number of carbonyl (C=O) groups is 2. The number of hydrogen-bond donors (Lipinski definition) is 1. The molecule has 0 spiro atoms. The number of nitrogens with one attached hydrogen (secondary N) is 1. The van der Waals surface area contributed by atoms with Gasteiger partial charge in [-0.2, -0.15) is 0 Å². The normalized spacial score (nSPS) is 11.2. The first kappa shape index (κ1) is 19.6. The molecule has 0 aliphatic heterocycles. The van der Waals surface area contributed by atoms with E-state index in [4.69, 9.17) is 4.74 Å². The molecule has 0 aliphatic rings. The molecule has 1 aromatic carbocycles. The Hall–Kier alpha value is -2.74. The lowest BCUT2D eigenvalue weighted by molar-refractivity contribution is 0.0370. The van der Waals surface area contributed by atoms with Crippen LogP contribution in [0, 0.1) is 0 Å². The SMILES string of the molecule is CC(C)OC(=O)c1ccc(C(=O)NS(=O)(=O)CCc2ccccc2)cn1. The second kappa shape index (κ2) is 8.57. The molecule has 1 aromatic heterocycles. The Morgan fingerprint density at radius 3 is 2.38 bits per heavy atom. The first-order valence-corrected chi connectivity index (χ1v) is 9.68. The van der Waals surface area contributed by atoms with Gasteiger partial charge in [-0.25, -0.2) is 22.9 Å². The molecule has 7 nitrogen and oxygen atoms in total. The van der Waals surface area contributed by atoms with Gasteiger partial charge in [0, 0.05) is 6.20 Å². The van der Waals surface area contributed by atoms with Gasteiger partial charge in [-0.3, -0.25) is 4.79 Å². The Morgan fingerprint density at radius 1 is 1.12 bits per heavy atom. The van der Waals surface area contributed by atoms with Crippen molar-refractivity contribution in [3.63, 3.8) is 0 Å². The third-order valence-electron chi connectivity index (χ3n) is 3.33. The number of benzene rings is 1. The monoisotopic (exact) mass is 376 g/mol. The van der Waals surface area contributed by atoms with Crippen molar-refractivity contribution in [1.82, 2.24) is 9.71 Å². The highest BCUT2D eigenvalue weighted by molar-refractivity contribution is 7.90. The number of sulfonamides is 1. The number of aromatic nitrogens is 1. The predicted molar refractivity (Wildman–Crippen MR) is 96.2 cm³/mol. The topological polar surface area (TPSA) is 102 Å². The maximum atomic E-state index is 12.1.